The van der Waals surface area contributed by atoms with Gasteiger partial charge in [0, 0.05) is 13.1 Å². The molecule has 0 saturated heterocycles. The van der Waals surface area contributed by atoms with Crippen LogP contribution in [0.3, 0.4) is 0 Å². The zero-order chi connectivity index (χ0) is 7.28. The summed E-state index contributed by atoms with van der Waals surface area (Å²) in [6, 6.07) is 0. The third-order valence-electron chi connectivity index (χ3n) is 1.35. The third-order valence-corrected chi connectivity index (χ3v) is 1.35. The van der Waals surface area contributed by atoms with Gasteiger partial charge < -0.3 is 15.2 Å². The molecule has 0 rings (SSSR count). The first-order valence-corrected chi connectivity index (χ1v) is 3.21. The fraction of sp³-hybridized carbons (Fsp3) is 1.00. The molecular weight excluding hydrogens is 115 g/mol. The molecule has 2 N–H and O–H groups in total. The van der Waals surface area contributed by atoms with E-state index in [1.165, 1.54) is 0 Å². The number of hydrogen-bond acceptors (Lipinski definition) is 3. The molecule has 54 valence electrons. The zero-order valence-electron chi connectivity index (χ0n) is 6.39. The van der Waals surface area contributed by atoms with Gasteiger partial charge in [-0.2, -0.15) is 0 Å². The highest BCUT2D eigenvalue weighted by Gasteiger charge is 2.08. The van der Waals surface area contributed by atoms with Gasteiger partial charge in [-0.1, -0.05) is 0 Å². The number of hydrogen-bond donors (Lipinski definition) is 2. The van der Waals surface area contributed by atoms with Crippen molar-refractivity contribution in [2.75, 3.05) is 27.2 Å². The predicted octanol–water partition coefficient (Wildman–Crippen LogP) is -0.752. The minimum atomic E-state index is -0.335. The Morgan fingerprint density at radius 2 is 2.22 bits per heavy atom. The van der Waals surface area contributed by atoms with Crippen LogP contribution < -0.4 is 5.32 Å². The van der Waals surface area contributed by atoms with E-state index in [1.807, 2.05) is 18.9 Å². The Labute approximate surface area is 57.2 Å². The van der Waals surface area contributed by atoms with Gasteiger partial charge in [0.1, 0.15) is 0 Å². The molecular formula is C5H15BN2O. The molecule has 0 saturated carbocycles. The van der Waals surface area contributed by atoms with E-state index in [4.69, 9.17) is 5.02 Å². The second-order valence-electron chi connectivity index (χ2n) is 2.22. The first-order chi connectivity index (χ1) is 4.18. The van der Waals surface area contributed by atoms with Crippen molar-refractivity contribution in [1.82, 2.24) is 10.1 Å². The third kappa shape index (κ3) is 4.45. The van der Waals surface area contributed by atoms with Crippen LogP contribution in [0.5, 0.6) is 0 Å². The van der Waals surface area contributed by atoms with Crippen molar-refractivity contribution in [3.63, 3.8) is 0 Å². The van der Waals surface area contributed by atoms with Crippen LogP contribution in [0.4, 0.5) is 0 Å². The van der Waals surface area contributed by atoms with Crippen molar-refractivity contribution in [1.29, 1.82) is 0 Å². The summed E-state index contributed by atoms with van der Waals surface area (Å²) in [5.41, 5.74) is 0. The minimum Gasteiger partial charge on any atom is -0.437 e. The quantitative estimate of drug-likeness (QED) is 0.491. The number of rotatable bonds is 4. The van der Waals surface area contributed by atoms with Gasteiger partial charge in [0.25, 0.3) is 0 Å². The molecule has 0 radical (unpaired) electrons. The van der Waals surface area contributed by atoms with E-state index in [2.05, 4.69) is 5.32 Å². The second kappa shape index (κ2) is 4.79. The van der Waals surface area contributed by atoms with Gasteiger partial charge in [-0.3, -0.25) is 0 Å². The van der Waals surface area contributed by atoms with Gasteiger partial charge >= 0.3 is 7.05 Å². The van der Waals surface area contributed by atoms with E-state index in [9.17, 15) is 0 Å². The predicted molar refractivity (Wildman–Crippen MR) is 40.4 cm³/mol. The monoisotopic (exact) mass is 130 g/mol. The Bertz CT molecular complexity index is 70.0. The van der Waals surface area contributed by atoms with Gasteiger partial charge in [0.2, 0.25) is 0 Å². The van der Waals surface area contributed by atoms with Crippen LogP contribution in [0.25, 0.3) is 0 Å². The van der Waals surface area contributed by atoms with Crippen LogP contribution in [0.15, 0.2) is 0 Å². The van der Waals surface area contributed by atoms with E-state index in [-0.39, 0.29) is 7.05 Å². The largest absolute Gasteiger partial charge is 0.437 e. The summed E-state index contributed by atoms with van der Waals surface area (Å²) in [7, 11) is 3.45. The summed E-state index contributed by atoms with van der Waals surface area (Å²) in [5.74, 6) is 0. The summed E-state index contributed by atoms with van der Waals surface area (Å²) in [6.45, 7) is 3.56. The van der Waals surface area contributed by atoms with Crippen molar-refractivity contribution in [2.45, 2.75) is 6.82 Å². The zero-order valence-corrected chi connectivity index (χ0v) is 6.39. The highest BCUT2D eigenvalue weighted by Crippen LogP contribution is 1.82. The lowest BCUT2D eigenvalue weighted by molar-refractivity contribution is 0.417. The molecule has 9 heavy (non-hydrogen) atoms. The highest BCUT2D eigenvalue weighted by atomic mass is 16.2. The van der Waals surface area contributed by atoms with E-state index in [0.717, 1.165) is 13.1 Å². The van der Waals surface area contributed by atoms with Gasteiger partial charge in [-0.05, 0) is 20.9 Å². The van der Waals surface area contributed by atoms with E-state index >= 15 is 0 Å². The molecule has 0 aliphatic carbocycles. The minimum absolute atomic E-state index is 0.335. The molecule has 0 aliphatic rings. The van der Waals surface area contributed by atoms with E-state index < -0.39 is 0 Å². The Kier molecular flexibility index (Phi) is 4.76. The fourth-order valence-electron chi connectivity index (χ4n) is 0.475. The van der Waals surface area contributed by atoms with E-state index in [0.29, 0.717) is 0 Å². The van der Waals surface area contributed by atoms with Crippen molar-refractivity contribution >= 4 is 7.05 Å². The summed E-state index contributed by atoms with van der Waals surface area (Å²) in [4.78, 5) is 1.87. The van der Waals surface area contributed by atoms with Crippen LogP contribution in [0.1, 0.15) is 0 Å². The Morgan fingerprint density at radius 3 is 2.56 bits per heavy atom. The lowest BCUT2D eigenvalue weighted by Gasteiger charge is -2.15. The fourth-order valence-corrected chi connectivity index (χ4v) is 0.475. The van der Waals surface area contributed by atoms with Crippen LogP contribution >= 0.6 is 0 Å². The van der Waals surface area contributed by atoms with Crippen molar-refractivity contribution in [2.24, 2.45) is 0 Å². The molecule has 3 nitrogen and oxygen atoms in total. The Balaban J connectivity index is 3.16. The maximum Gasteiger partial charge on any atom is 0.376 e. The standard InChI is InChI=1S/C5H15BN2O/c1-6(9)8(3)5-4-7-2/h7,9H,4-5H2,1-3H3. The molecule has 0 bridgehead atoms. The molecule has 0 amide bonds. The van der Waals surface area contributed by atoms with Gasteiger partial charge in [-0.15, -0.1) is 0 Å². The maximum atomic E-state index is 8.95. The van der Waals surface area contributed by atoms with Crippen LogP contribution in [-0.4, -0.2) is 44.1 Å². The number of nitrogens with one attached hydrogen (secondary N) is 1. The topological polar surface area (TPSA) is 35.5 Å². The summed E-state index contributed by atoms with van der Waals surface area (Å²) in [6.07, 6.45) is 0. The van der Waals surface area contributed by atoms with Crippen molar-refractivity contribution in [3.05, 3.63) is 0 Å². The molecule has 0 aliphatic heterocycles. The highest BCUT2D eigenvalue weighted by molar-refractivity contribution is 6.45. The molecule has 0 aromatic carbocycles. The van der Waals surface area contributed by atoms with Crippen molar-refractivity contribution < 1.29 is 5.02 Å². The molecule has 0 spiro atoms. The SMILES string of the molecule is CNCCN(C)B(C)O. The summed E-state index contributed by atoms with van der Waals surface area (Å²) in [5, 5.41) is 11.9. The lowest BCUT2D eigenvalue weighted by atomic mass is 9.86. The Hall–Kier alpha value is -0.0551. The first kappa shape index (κ1) is 8.94. The van der Waals surface area contributed by atoms with Crippen LogP contribution in [-0.2, 0) is 0 Å². The molecule has 4 heteroatoms. The smallest absolute Gasteiger partial charge is 0.376 e. The van der Waals surface area contributed by atoms with E-state index in [1.54, 1.807) is 6.82 Å². The summed E-state index contributed by atoms with van der Waals surface area (Å²) < 4.78 is 0. The van der Waals surface area contributed by atoms with Crippen LogP contribution in [0, 0.1) is 0 Å². The first-order valence-electron chi connectivity index (χ1n) is 3.21. The Morgan fingerprint density at radius 1 is 1.67 bits per heavy atom. The molecule has 0 atom stereocenters. The van der Waals surface area contributed by atoms with Crippen molar-refractivity contribution in [3.8, 4) is 0 Å². The number of nitrogens with zero attached hydrogens (tertiary/aromatic N) is 1. The lowest BCUT2D eigenvalue weighted by Crippen LogP contribution is -2.37. The summed E-state index contributed by atoms with van der Waals surface area (Å²) >= 11 is 0. The molecule has 0 fully saturated rings. The van der Waals surface area contributed by atoms with Gasteiger partial charge in [0.05, 0.1) is 0 Å². The maximum absolute atomic E-state index is 8.95. The molecule has 0 unspecified atom stereocenters. The second-order valence-corrected chi connectivity index (χ2v) is 2.22. The van der Waals surface area contributed by atoms with Crippen LogP contribution in [0.2, 0.25) is 6.82 Å². The van der Waals surface area contributed by atoms with Gasteiger partial charge in [-0.25, -0.2) is 0 Å². The number of likely N-dealkylation sites (N-methyl/N-ethyl adjacent to an activating group) is 2. The molecule has 0 heterocycles. The normalized spacial score (nSPS) is 10.3. The van der Waals surface area contributed by atoms with Gasteiger partial charge in [0.15, 0.2) is 0 Å². The molecule has 0 aromatic rings. The average molecular weight is 130 g/mol. The molecule has 0 aromatic heterocycles. The average Bonchev–Trinajstić information content (AvgIpc) is 1.82.